The first kappa shape index (κ1) is 29.0. The molecule has 0 radical (unpaired) electrons. The van der Waals surface area contributed by atoms with Crippen molar-refractivity contribution in [1.29, 1.82) is 0 Å². The van der Waals surface area contributed by atoms with E-state index >= 15 is 0 Å². The van der Waals surface area contributed by atoms with Gasteiger partial charge in [0.25, 0.3) is 10.0 Å². The van der Waals surface area contributed by atoms with Crippen LogP contribution in [0.2, 0.25) is 0 Å². The topological polar surface area (TPSA) is 110 Å². The number of hydrogen-bond acceptors (Lipinski definition) is 7. The molecule has 1 aromatic heterocycles. The van der Waals surface area contributed by atoms with Crippen LogP contribution >= 0.6 is 0 Å². The average molecular weight is 570 g/mol. The van der Waals surface area contributed by atoms with Gasteiger partial charge >= 0.3 is 5.69 Å². The van der Waals surface area contributed by atoms with E-state index in [0.717, 1.165) is 12.0 Å². The predicted molar refractivity (Wildman–Crippen MR) is 154 cm³/mol. The molecule has 3 aromatic carbocycles. The van der Waals surface area contributed by atoms with E-state index in [9.17, 15) is 13.2 Å². The number of nitrogens with zero attached hydrogens (tertiary/aromatic N) is 2. The summed E-state index contributed by atoms with van der Waals surface area (Å²) in [6.45, 7) is 5.34. The van der Waals surface area contributed by atoms with Gasteiger partial charge in [-0.3, -0.25) is 13.9 Å². The quantitative estimate of drug-likeness (QED) is 0.226. The molecule has 0 amide bonds. The molecule has 0 fully saturated rings. The number of anilines is 1. The highest BCUT2D eigenvalue weighted by Gasteiger charge is 2.21. The van der Waals surface area contributed by atoms with E-state index < -0.39 is 10.0 Å². The lowest BCUT2D eigenvalue weighted by atomic mass is 10.2. The third-order valence-corrected chi connectivity index (χ3v) is 7.60. The Kier molecular flexibility index (Phi) is 9.06. The number of nitrogens with one attached hydrogen (secondary N) is 1. The van der Waals surface area contributed by atoms with Crippen LogP contribution in [0.5, 0.6) is 23.0 Å². The monoisotopic (exact) mass is 569 g/mol. The van der Waals surface area contributed by atoms with E-state index in [0.29, 0.717) is 54.5 Å². The van der Waals surface area contributed by atoms with Gasteiger partial charge < -0.3 is 18.9 Å². The van der Waals surface area contributed by atoms with Crippen LogP contribution < -0.4 is 24.6 Å². The van der Waals surface area contributed by atoms with Gasteiger partial charge in [-0.2, -0.15) is 0 Å². The number of rotatable bonds is 13. The summed E-state index contributed by atoms with van der Waals surface area (Å²) in [6.07, 6.45) is 1.52. The molecule has 0 spiro atoms. The summed E-state index contributed by atoms with van der Waals surface area (Å²) in [5, 5.41) is 0. The average Bonchev–Trinajstić information content (AvgIpc) is 3.13. The molecule has 214 valence electrons. The van der Waals surface area contributed by atoms with Crippen molar-refractivity contribution < 1.29 is 27.4 Å². The number of hydrogen-bond donors (Lipinski definition) is 1. The van der Waals surface area contributed by atoms with E-state index in [2.05, 4.69) is 4.72 Å². The molecule has 0 aliphatic carbocycles. The molecular formula is C29H35N3O7S. The lowest BCUT2D eigenvalue weighted by Crippen LogP contribution is -2.19. The number of methoxy groups -OCH3 is 1. The van der Waals surface area contributed by atoms with Crippen molar-refractivity contribution in [1.82, 2.24) is 9.13 Å². The first-order valence-corrected chi connectivity index (χ1v) is 14.5. The Hall–Kier alpha value is -3.96. The van der Waals surface area contributed by atoms with E-state index in [-0.39, 0.29) is 22.0 Å². The van der Waals surface area contributed by atoms with Crippen molar-refractivity contribution in [3.05, 3.63) is 70.6 Å². The van der Waals surface area contributed by atoms with E-state index in [1.807, 2.05) is 19.9 Å². The smallest absolute Gasteiger partial charge is 0.328 e. The fraction of sp³-hybridized carbons (Fsp3) is 0.345. The number of sulfonamides is 1. The van der Waals surface area contributed by atoms with E-state index in [1.54, 1.807) is 63.7 Å². The fourth-order valence-electron chi connectivity index (χ4n) is 4.19. The predicted octanol–water partition coefficient (Wildman–Crippen LogP) is 4.98. The summed E-state index contributed by atoms with van der Waals surface area (Å²) in [5.74, 6) is 1.68. The standard InChI is InChI=1S/C29H35N3O7S/c1-6-11-37-21-15-22(38-13-8-12-36-5)17-23(16-21)39-28-19-27-26(31(3)29(33)32(27)4)18-25(28)30-40(34,35)24-10-7-9-20(2)14-24/h7,9-10,14-19,30H,6,8,11-13H2,1-5H3. The molecule has 0 saturated heterocycles. The molecule has 4 rings (SSSR count). The molecule has 0 aliphatic rings. The largest absolute Gasteiger partial charge is 0.493 e. The third-order valence-electron chi connectivity index (χ3n) is 6.23. The Balaban J connectivity index is 1.78. The van der Waals surface area contributed by atoms with E-state index in [4.69, 9.17) is 18.9 Å². The number of ether oxygens (including phenoxy) is 4. The third kappa shape index (κ3) is 6.60. The molecule has 0 saturated carbocycles. The van der Waals surface area contributed by atoms with Gasteiger partial charge in [-0.1, -0.05) is 19.1 Å². The Bertz CT molecular complexity index is 1660. The second-order valence-corrected chi connectivity index (χ2v) is 11.1. The van der Waals surface area contributed by atoms with Crippen molar-refractivity contribution in [2.75, 3.05) is 31.7 Å². The maximum absolute atomic E-state index is 13.4. The zero-order valence-corrected chi connectivity index (χ0v) is 24.2. The summed E-state index contributed by atoms with van der Waals surface area (Å²) in [5.41, 5.74) is 1.86. The SMILES string of the molecule is CCCOc1cc(OCCCOC)cc(Oc2cc3c(cc2NS(=O)(=O)c2cccc(C)c2)n(C)c(=O)n3C)c1. The van der Waals surface area contributed by atoms with Crippen molar-refractivity contribution in [2.24, 2.45) is 14.1 Å². The van der Waals surface area contributed by atoms with Gasteiger partial charge in [0.2, 0.25) is 0 Å². The zero-order chi connectivity index (χ0) is 28.9. The van der Waals surface area contributed by atoms with Gasteiger partial charge in [0, 0.05) is 58.5 Å². The summed E-state index contributed by atoms with van der Waals surface area (Å²) in [4.78, 5) is 12.8. The normalized spacial score (nSPS) is 11.5. The highest BCUT2D eigenvalue weighted by Crippen LogP contribution is 2.37. The first-order valence-electron chi connectivity index (χ1n) is 13.0. The molecule has 0 aliphatic heterocycles. The molecule has 40 heavy (non-hydrogen) atoms. The minimum atomic E-state index is -3.97. The molecular weight excluding hydrogens is 534 g/mol. The van der Waals surface area contributed by atoms with Crippen molar-refractivity contribution in [3.63, 3.8) is 0 Å². The number of fused-ring (bicyclic) bond motifs is 1. The molecule has 4 aromatic rings. The number of aryl methyl sites for hydroxylation is 3. The summed E-state index contributed by atoms with van der Waals surface area (Å²) < 4.78 is 55.4. The number of aromatic nitrogens is 2. The van der Waals surface area contributed by atoms with Crippen LogP contribution in [0.4, 0.5) is 5.69 Å². The summed E-state index contributed by atoms with van der Waals surface area (Å²) >= 11 is 0. The Morgan fingerprint density at radius 3 is 2.15 bits per heavy atom. The highest BCUT2D eigenvalue weighted by atomic mass is 32.2. The van der Waals surface area contributed by atoms with Crippen LogP contribution in [0.1, 0.15) is 25.3 Å². The maximum Gasteiger partial charge on any atom is 0.328 e. The second kappa shape index (κ2) is 12.5. The van der Waals surface area contributed by atoms with Crippen LogP contribution in [-0.4, -0.2) is 44.5 Å². The Morgan fingerprint density at radius 2 is 1.50 bits per heavy atom. The molecule has 11 heteroatoms. The first-order chi connectivity index (χ1) is 19.1. The van der Waals surface area contributed by atoms with Crippen molar-refractivity contribution >= 4 is 26.7 Å². The van der Waals surface area contributed by atoms with Gasteiger partial charge in [0.15, 0.2) is 5.75 Å². The van der Waals surface area contributed by atoms with Crippen LogP contribution in [0.3, 0.4) is 0 Å². The van der Waals surface area contributed by atoms with Crippen LogP contribution in [0.25, 0.3) is 11.0 Å². The molecule has 0 bridgehead atoms. The summed E-state index contributed by atoms with van der Waals surface area (Å²) in [7, 11) is 0.947. The molecule has 1 N–H and O–H groups in total. The zero-order valence-electron chi connectivity index (χ0n) is 23.4. The number of imidazole rings is 1. The van der Waals surface area contributed by atoms with Crippen molar-refractivity contribution in [2.45, 2.75) is 31.6 Å². The Labute approximate surface area is 234 Å². The van der Waals surface area contributed by atoms with Crippen LogP contribution in [-0.2, 0) is 28.9 Å². The molecule has 0 unspecified atom stereocenters. The van der Waals surface area contributed by atoms with Crippen LogP contribution in [0.15, 0.2) is 64.3 Å². The summed E-state index contributed by atoms with van der Waals surface area (Å²) in [6, 6.07) is 15.0. The second-order valence-electron chi connectivity index (χ2n) is 9.45. The van der Waals surface area contributed by atoms with Gasteiger partial charge in [0.1, 0.15) is 17.2 Å². The minimum Gasteiger partial charge on any atom is -0.493 e. The fourth-order valence-corrected chi connectivity index (χ4v) is 5.35. The highest BCUT2D eigenvalue weighted by molar-refractivity contribution is 7.92. The minimum absolute atomic E-state index is 0.113. The molecule has 1 heterocycles. The van der Waals surface area contributed by atoms with Gasteiger partial charge in [-0.15, -0.1) is 0 Å². The van der Waals surface area contributed by atoms with Gasteiger partial charge in [-0.05, 0) is 37.1 Å². The van der Waals surface area contributed by atoms with Gasteiger partial charge in [-0.25, -0.2) is 13.2 Å². The molecule has 10 nitrogen and oxygen atoms in total. The van der Waals surface area contributed by atoms with Crippen LogP contribution in [0, 0.1) is 6.92 Å². The number of benzene rings is 3. The lowest BCUT2D eigenvalue weighted by Gasteiger charge is -2.16. The Morgan fingerprint density at radius 1 is 0.850 bits per heavy atom. The molecule has 0 atom stereocenters. The van der Waals surface area contributed by atoms with E-state index in [1.165, 1.54) is 15.2 Å². The lowest BCUT2D eigenvalue weighted by molar-refractivity contribution is 0.172. The van der Waals surface area contributed by atoms with Gasteiger partial charge in [0.05, 0.1) is 34.8 Å². The van der Waals surface area contributed by atoms with Crippen molar-refractivity contribution in [3.8, 4) is 23.0 Å². The maximum atomic E-state index is 13.4.